The molecule has 2 rings (SSSR count). The van der Waals surface area contributed by atoms with E-state index in [1.165, 1.54) is 0 Å². The van der Waals surface area contributed by atoms with Crippen LogP contribution in [-0.2, 0) is 16.0 Å². The lowest BCUT2D eigenvalue weighted by molar-refractivity contribution is -0.142. The maximum atomic E-state index is 11.2. The first-order valence-corrected chi connectivity index (χ1v) is 5.23. The zero-order valence-corrected chi connectivity index (χ0v) is 9.60. The second-order valence-corrected chi connectivity index (χ2v) is 3.38. The van der Waals surface area contributed by atoms with Crippen LogP contribution in [0.15, 0.2) is 21.3 Å². The van der Waals surface area contributed by atoms with E-state index in [-0.39, 0.29) is 18.3 Å². The molecule has 6 heteroatoms. The van der Waals surface area contributed by atoms with Crippen LogP contribution in [0.2, 0.25) is 0 Å². The van der Waals surface area contributed by atoms with Crippen molar-refractivity contribution >= 4 is 5.97 Å². The Labute approximate surface area is 97.6 Å². The number of hydrogen-bond acceptors (Lipinski definition) is 6. The first-order valence-electron chi connectivity index (χ1n) is 5.23. The summed E-state index contributed by atoms with van der Waals surface area (Å²) in [6.07, 6.45) is 1.53. The Morgan fingerprint density at radius 3 is 3.00 bits per heavy atom. The monoisotopic (exact) mass is 236 g/mol. The van der Waals surface area contributed by atoms with Crippen LogP contribution in [-0.4, -0.2) is 22.7 Å². The van der Waals surface area contributed by atoms with Gasteiger partial charge in [-0.1, -0.05) is 5.16 Å². The Bertz CT molecular complexity index is 515. The van der Waals surface area contributed by atoms with Gasteiger partial charge in [-0.15, -0.1) is 0 Å². The molecular formula is C11H12N2O4. The lowest BCUT2D eigenvalue weighted by Gasteiger charge is -1.96. The molecule has 0 radical (unpaired) electrons. The third kappa shape index (κ3) is 2.52. The van der Waals surface area contributed by atoms with Crippen LogP contribution in [0, 0.1) is 6.92 Å². The maximum Gasteiger partial charge on any atom is 0.315 e. The minimum Gasteiger partial charge on any atom is -0.469 e. The van der Waals surface area contributed by atoms with Crippen LogP contribution in [0.5, 0.6) is 0 Å². The molecule has 0 unspecified atom stereocenters. The van der Waals surface area contributed by atoms with Crippen molar-refractivity contribution in [2.45, 2.75) is 20.3 Å². The van der Waals surface area contributed by atoms with Crippen LogP contribution in [0.25, 0.3) is 11.4 Å². The lowest BCUT2D eigenvalue weighted by atomic mass is 10.2. The zero-order chi connectivity index (χ0) is 12.3. The Hall–Kier alpha value is -2.11. The van der Waals surface area contributed by atoms with E-state index in [4.69, 9.17) is 13.7 Å². The maximum absolute atomic E-state index is 11.2. The second-order valence-electron chi connectivity index (χ2n) is 3.38. The summed E-state index contributed by atoms with van der Waals surface area (Å²) in [5, 5.41) is 3.78. The minimum atomic E-state index is -0.383. The Kier molecular flexibility index (Phi) is 3.22. The molecule has 90 valence electrons. The van der Waals surface area contributed by atoms with E-state index in [0.717, 1.165) is 5.56 Å². The highest BCUT2D eigenvalue weighted by Crippen LogP contribution is 2.21. The van der Waals surface area contributed by atoms with Gasteiger partial charge in [0, 0.05) is 0 Å². The molecule has 0 aliphatic rings. The molecule has 0 saturated heterocycles. The van der Waals surface area contributed by atoms with Crippen LogP contribution < -0.4 is 0 Å². The molecule has 0 aromatic carbocycles. The van der Waals surface area contributed by atoms with E-state index in [1.54, 1.807) is 26.2 Å². The third-order valence-electron chi connectivity index (χ3n) is 2.17. The number of furan rings is 1. The van der Waals surface area contributed by atoms with E-state index in [2.05, 4.69) is 10.1 Å². The van der Waals surface area contributed by atoms with Crippen LogP contribution in [0.3, 0.4) is 0 Å². The van der Waals surface area contributed by atoms with Gasteiger partial charge in [0.05, 0.1) is 18.4 Å². The smallest absolute Gasteiger partial charge is 0.315 e. The number of rotatable bonds is 4. The van der Waals surface area contributed by atoms with Gasteiger partial charge in [0.15, 0.2) is 0 Å². The fourth-order valence-corrected chi connectivity index (χ4v) is 1.39. The van der Waals surface area contributed by atoms with Crippen LogP contribution in [0.4, 0.5) is 0 Å². The zero-order valence-electron chi connectivity index (χ0n) is 9.60. The van der Waals surface area contributed by atoms with Gasteiger partial charge in [-0.05, 0) is 19.9 Å². The van der Waals surface area contributed by atoms with Gasteiger partial charge in [0.2, 0.25) is 11.7 Å². The molecule has 0 aliphatic carbocycles. The molecule has 0 aliphatic heterocycles. The number of aromatic nitrogens is 2. The molecule has 0 fully saturated rings. The summed E-state index contributed by atoms with van der Waals surface area (Å²) < 4.78 is 14.9. The van der Waals surface area contributed by atoms with Crippen molar-refractivity contribution in [2.75, 3.05) is 6.61 Å². The summed E-state index contributed by atoms with van der Waals surface area (Å²) in [4.78, 5) is 15.3. The average molecular weight is 236 g/mol. The SMILES string of the molecule is CCOC(=O)Cc1nc(-c2ccoc2C)no1. The highest BCUT2D eigenvalue weighted by atomic mass is 16.5. The van der Waals surface area contributed by atoms with E-state index in [9.17, 15) is 4.79 Å². The molecule has 2 aromatic rings. The second kappa shape index (κ2) is 4.82. The highest BCUT2D eigenvalue weighted by Gasteiger charge is 2.15. The molecule has 0 atom stereocenters. The number of aryl methyl sites for hydroxylation is 1. The van der Waals surface area contributed by atoms with Crippen molar-refractivity contribution in [3.8, 4) is 11.4 Å². The Morgan fingerprint density at radius 2 is 2.35 bits per heavy atom. The molecule has 2 heterocycles. The summed E-state index contributed by atoms with van der Waals surface area (Å²) in [6.45, 7) is 3.88. The predicted octanol–water partition coefficient (Wildman–Crippen LogP) is 1.74. The number of ether oxygens (including phenoxy) is 1. The van der Waals surface area contributed by atoms with Gasteiger partial charge in [-0.3, -0.25) is 4.79 Å². The summed E-state index contributed by atoms with van der Waals surface area (Å²) in [6, 6.07) is 1.74. The van der Waals surface area contributed by atoms with Crippen molar-refractivity contribution in [1.82, 2.24) is 10.1 Å². The Morgan fingerprint density at radius 1 is 1.53 bits per heavy atom. The quantitative estimate of drug-likeness (QED) is 0.752. The Balaban J connectivity index is 2.11. The van der Waals surface area contributed by atoms with Gasteiger partial charge in [-0.2, -0.15) is 4.98 Å². The van der Waals surface area contributed by atoms with Crippen molar-refractivity contribution < 1.29 is 18.5 Å². The summed E-state index contributed by atoms with van der Waals surface area (Å²) in [7, 11) is 0. The van der Waals surface area contributed by atoms with Gasteiger partial charge < -0.3 is 13.7 Å². The first kappa shape index (κ1) is 11.4. The van der Waals surface area contributed by atoms with Gasteiger partial charge >= 0.3 is 5.97 Å². The van der Waals surface area contributed by atoms with Crippen molar-refractivity contribution in [1.29, 1.82) is 0 Å². The van der Waals surface area contributed by atoms with Crippen molar-refractivity contribution in [3.05, 3.63) is 24.0 Å². The van der Waals surface area contributed by atoms with Crippen LogP contribution >= 0.6 is 0 Å². The van der Waals surface area contributed by atoms with Gasteiger partial charge in [0.25, 0.3) is 0 Å². The van der Waals surface area contributed by atoms with Gasteiger partial charge in [0.1, 0.15) is 12.2 Å². The van der Waals surface area contributed by atoms with E-state index < -0.39 is 0 Å². The number of hydrogen-bond donors (Lipinski definition) is 0. The predicted molar refractivity (Wildman–Crippen MR) is 57.1 cm³/mol. The average Bonchev–Trinajstić information content (AvgIpc) is 2.87. The molecule has 0 N–H and O–H groups in total. The number of carbonyl (C=O) groups is 1. The summed E-state index contributed by atoms with van der Waals surface area (Å²) in [5.41, 5.74) is 0.754. The summed E-state index contributed by atoms with van der Waals surface area (Å²) in [5.74, 6) is 0.967. The fourth-order valence-electron chi connectivity index (χ4n) is 1.39. The molecule has 17 heavy (non-hydrogen) atoms. The number of carbonyl (C=O) groups excluding carboxylic acids is 1. The third-order valence-corrected chi connectivity index (χ3v) is 2.17. The van der Waals surface area contributed by atoms with E-state index >= 15 is 0 Å². The summed E-state index contributed by atoms with van der Waals surface area (Å²) >= 11 is 0. The molecule has 6 nitrogen and oxygen atoms in total. The number of esters is 1. The fraction of sp³-hybridized carbons (Fsp3) is 0.364. The van der Waals surface area contributed by atoms with Crippen molar-refractivity contribution in [3.63, 3.8) is 0 Å². The van der Waals surface area contributed by atoms with Crippen molar-refractivity contribution in [2.24, 2.45) is 0 Å². The lowest BCUT2D eigenvalue weighted by Crippen LogP contribution is -2.07. The normalized spacial score (nSPS) is 10.5. The van der Waals surface area contributed by atoms with E-state index in [1.807, 2.05) is 0 Å². The number of nitrogens with zero attached hydrogens (tertiary/aromatic N) is 2. The van der Waals surface area contributed by atoms with Crippen LogP contribution in [0.1, 0.15) is 18.6 Å². The molecule has 0 saturated carbocycles. The largest absolute Gasteiger partial charge is 0.469 e. The van der Waals surface area contributed by atoms with E-state index in [0.29, 0.717) is 18.2 Å². The molecule has 2 aromatic heterocycles. The molecular weight excluding hydrogens is 224 g/mol. The molecule has 0 bridgehead atoms. The molecule has 0 amide bonds. The standard InChI is InChI=1S/C11H12N2O4/c1-3-15-10(14)6-9-12-11(13-17-9)8-4-5-16-7(8)2/h4-5H,3,6H2,1-2H3. The highest BCUT2D eigenvalue weighted by molar-refractivity contribution is 5.71. The van der Waals surface area contributed by atoms with Gasteiger partial charge in [-0.25, -0.2) is 0 Å². The molecule has 0 spiro atoms. The topological polar surface area (TPSA) is 78.4 Å². The minimum absolute atomic E-state index is 0.0161. The first-order chi connectivity index (χ1) is 8.20.